The molecule has 1 fully saturated rings. The van der Waals surface area contributed by atoms with Gasteiger partial charge in [-0.25, -0.2) is 0 Å². The van der Waals surface area contributed by atoms with Crippen molar-refractivity contribution in [1.82, 2.24) is 5.32 Å². The predicted octanol–water partition coefficient (Wildman–Crippen LogP) is 3.13. The van der Waals surface area contributed by atoms with Crippen molar-refractivity contribution in [3.63, 3.8) is 0 Å². The zero-order valence-corrected chi connectivity index (χ0v) is 12.9. The Labute approximate surface area is 112 Å². The fourth-order valence-electron chi connectivity index (χ4n) is 2.35. The summed E-state index contributed by atoms with van der Waals surface area (Å²) in [7, 11) is 0. The molecule has 1 N–H and O–H groups in total. The normalized spacial score (nSPS) is 19.4. The lowest BCUT2D eigenvalue weighted by Gasteiger charge is -2.43. The summed E-state index contributed by atoms with van der Waals surface area (Å²) < 4.78 is 5.70. The molecule has 0 unspecified atom stereocenters. The number of Topliss-reactive ketones (excluding diaryl/α,β-unsaturated/α-hetero) is 1. The second-order valence-electron chi connectivity index (χ2n) is 7.63. The summed E-state index contributed by atoms with van der Waals surface area (Å²) in [5.74, 6) is 0.358. The van der Waals surface area contributed by atoms with Gasteiger partial charge in [-0.15, -0.1) is 0 Å². The van der Waals surface area contributed by atoms with Crippen LogP contribution in [0.1, 0.15) is 60.8 Å². The number of carbonyl (C=O) groups is 1. The molecule has 0 amide bonds. The highest BCUT2D eigenvalue weighted by molar-refractivity contribution is 5.90. The first kappa shape index (κ1) is 15.6. The Morgan fingerprint density at radius 3 is 2.06 bits per heavy atom. The summed E-state index contributed by atoms with van der Waals surface area (Å²) in [4.78, 5) is 12.5. The summed E-state index contributed by atoms with van der Waals surface area (Å²) >= 11 is 0. The molecule has 1 rings (SSSR count). The number of hydrogen-bond donors (Lipinski definition) is 1. The molecule has 0 radical (unpaired) electrons. The smallest absolute Gasteiger partial charge is 0.146 e. The average molecular weight is 255 g/mol. The van der Waals surface area contributed by atoms with E-state index in [4.69, 9.17) is 4.74 Å². The van der Waals surface area contributed by atoms with Gasteiger partial charge in [0.05, 0.1) is 18.8 Å². The SMILES string of the molecule is CC(C)(C)NCOCC1(C(=O)C(C)(C)C)CCC1. The molecule has 1 aliphatic carbocycles. The second kappa shape index (κ2) is 5.30. The Balaban J connectivity index is 2.45. The topological polar surface area (TPSA) is 38.3 Å². The monoisotopic (exact) mass is 255 g/mol. The van der Waals surface area contributed by atoms with E-state index < -0.39 is 0 Å². The summed E-state index contributed by atoms with van der Waals surface area (Å²) in [5.41, 5.74) is -0.417. The van der Waals surface area contributed by atoms with E-state index in [0.29, 0.717) is 19.1 Å². The number of nitrogens with one attached hydrogen (secondary N) is 1. The van der Waals surface area contributed by atoms with Crippen LogP contribution < -0.4 is 5.32 Å². The molecule has 0 spiro atoms. The van der Waals surface area contributed by atoms with Crippen LogP contribution in [0.4, 0.5) is 0 Å². The van der Waals surface area contributed by atoms with Gasteiger partial charge in [0.15, 0.2) is 0 Å². The van der Waals surface area contributed by atoms with Crippen molar-refractivity contribution < 1.29 is 9.53 Å². The van der Waals surface area contributed by atoms with Gasteiger partial charge in [-0.3, -0.25) is 10.1 Å². The van der Waals surface area contributed by atoms with E-state index >= 15 is 0 Å². The van der Waals surface area contributed by atoms with E-state index in [9.17, 15) is 4.79 Å². The zero-order chi connectivity index (χ0) is 14.0. The third-order valence-corrected chi connectivity index (χ3v) is 3.56. The van der Waals surface area contributed by atoms with Crippen molar-refractivity contribution in [1.29, 1.82) is 0 Å². The van der Waals surface area contributed by atoms with E-state index in [1.165, 1.54) is 0 Å². The molecule has 0 saturated heterocycles. The van der Waals surface area contributed by atoms with Crippen molar-refractivity contribution in [2.24, 2.45) is 10.8 Å². The van der Waals surface area contributed by atoms with Crippen molar-refractivity contribution in [2.75, 3.05) is 13.3 Å². The summed E-state index contributed by atoms with van der Waals surface area (Å²) in [6.07, 6.45) is 3.12. The molecule has 0 atom stereocenters. The van der Waals surface area contributed by atoms with Crippen molar-refractivity contribution in [3.8, 4) is 0 Å². The van der Waals surface area contributed by atoms with Gasteiger partial charge in [0.1, 0.15) is 5.78 Å². The Morgan fingerprint density at radius 2 is 1.72 bits per heavy atom. The number of ketones is 1. The molecule has 3 heteroatoms. The zero-order valence-electron chi connectivity index (χ0n) is 12.9. The molecule has 0 aromatic carbocycles. The minimum absolute atomic E-state index is 0.0564. The van der Waals surface area contributed by atoms with E-state index in [0.717, 1.165) is 19.3 Å². The van der Waals surface area contributed by atoms with E-state index in [1.807, 2.05) is 20.8 Å². The fourth-order valence-corrected chi connectivity index (χ4v) is 2.35. The minimum atomic E-state index is -0.263. The Bertz CT molecular complexity index is 293. The van der Waals surface area contributed by atoms with Crippen molar-refractivity contribution in [3.05, 3.63) is 0 Å². The number of ether oxygens (including phenoxy) is 1. The summed E-state index contributed by atoms with van der Waals surface area (Å²) in [6.45, 7) is 13.4. The standard InChI is InChI=1S/C15H29NO2/c1-13(2,3)12(17)15(8-7-9-15)10-18-11-16-14(4,5)6/h16H,7-11H2,1-6H3. The number of hydrogen-bond acceptors (Lipinski definition) is 3. The van der Waals surface area contributed by atoms with Crippen molar-refractivity contribution in [2.45, 2.75) is 66.3 Å². The molecule has 3 nitrogen and oxygen atoms in total. The quantitative estimate of drug-likeness (QED) is 0.606. The summed E-state index contributed by atoms with van der Waals surface area (Å²) in [6, 6.07) is 0. The number of rotatable bonds is 5. The van der Waals surface area contributed by atoms with Gasteiger partial charge in [0.25, 0.3) is 0 Å². The maximum absolute atomic E-state index is 12.5. The van der Waals surface area contributed by atoms with Crippen LogP contribution in [0.5, 0.6) is 0 Å². The highest BCUT2D eigenvalue weighted by Crippen LogP contribution is 2.46. The second-order valence-corrected chi connectivity index (χ2v) is 7.63. The molecular weight excluding hydrogens is 226 g/mol. The third-order valence-electron chi connectivity index (χ3n) is 3.56. The molecule has 0 bridgehead atoms. The maximum Gasteiger partial charge on any atom is 0.146 e. The molecule has 0 aromatic heterocycles. The van der Waals surface area contributed by atoms with Gasteiger partial charge in [0.2, 0.25) is 0 Å². The van der Waals surface area contributed by atoms with Gasteiger partial charge in [-0.2, -0.15) is 0 Å². The van der Waals surface area contributed by atoms with Crippen LogP contribution in [0.25, 0.3) is 0 Å². The fraction of sp³-hybridized carbons (Fsp3) is 0.933. The van der Waals surface area contributed by atoms with Crippen LogP contribution >= 0.6 is 0 Å². The molecular formula is C15H29NO2. The maximum atomic E-state index is 12.5. The molecule has 0 aliphatic heterocycles. The molecule has 1 aliphatic rings. The minimum Gasteiger partial charge on any atom is -0.365 e. The lowest BCUT2D eigenvalue weighted by molar-refractivity contribution is -0.148. The largest absolute Gasteiger partial charge is 0.365 e. The first-order valence-corrected chi connectivity index (χ1v) is 6.95. The van der Waals surface area contributed by atoms with Crippen LogP contribution in [0, 0.1) is 10.8 Å². The Hall–Kier alpha value is -0.410. The van der Waals surface area contributed by atoms with Gasteiger partial charge in [0, 0.05) is 11.0 Å². The van der Waals surface area contributed by atoms with Crippen molar-refractivity contribution >= 4 is 5.78 Å². The molecule has 0 aromatic rings. The molecule has 0 heterocycles. The molecule has 106 valence electrons. The highest BCUT2D eigenvalue weighted by atomic mass is 16.5. The van der Waals surface area contributed by atoms with E-state index in [1.54, 1.807) is 0 Å². The molecule has 1 saturated carbocycles. The van der Waals surface area contributed by atoms with Gasteiger partial charge in [-0.05, 0) is 33.6 Å². The van der Waals surface area contributed by atoms with Crippen LogP contribution in [0.2, 0.25) is 0 Å². The van der Waals surface area contributed by atoms with Crippen LogP contribution in [0.3, 0.4) is 0 Å². The Kier molecular flexibility index (Phi) is 4.60. The Morgan fingerprint density at radius 1 is 1.17 bits per heavy atom. The first-order chi connectivity index (χ1) is 8.07. The van der Waals surface area contributed by atoms with Crippen LogP contribution in [0.15, 0.2) is 0 Å². The van der Waals surface area contributed by atoms with Crippen LogP contribution in [-0.2, 0) is 9.53 Å². The van der Waals surface area contributed by atoms with Gasteiger partial charge in [-0.1, -0.05) is 27.2 Å². The lowest BCUT2D eigenvalue weighted by atomic mass is 9.61. The van der Waals surface area contributed by atoms with Gasteiger partial charge < -0.3 is 4.74 Å². The number of carbonyl (C=O) groups excluding carboxylic acids is 1. The van der Waals surface area contributed by atoms with Crippen LogP contribution in [-0.4, -0.2) is 24.7 Å². The first-order valence-electron chi connectivity index (χ1n) is 6.95. The predicted molar refractivity (Wildman–Crippen MR) is 74.5 cm³/mol. The summed E-state index contributed by atoms with van der Waals surface area (Å²) in [5, 5.41) is 3.29. The highest BCUT2D eigenvalue weighted by Gasteiger charge is 2.48. The third kappa shape index (κ3) is 4.06. The van der Waals surface area contributed by atoms with E-state index in [2.05, 4.69) is 26.1 Å². The average Bonchev–Trinajstić information content (AvgIpc) is 2.11. The van der Waals surface area contributed by atoms with Gasteiger partial charge >= 0.3 is 0 Å². The molecule has 18 heavy (non-hydrogen) atoms. The lowest BCUT2D eigenvalue weighted by Crippen LogP contribution is -2.48. The van der Waals surface area contributed by atoms with E-state index in [-0.39, 0.29) is 16.4 Å².